The predicted octanol–water partition coefficient (Wildman–Crippen LogP) is 2.85. The van der Waals surface area contributed by atoms with E-state index in [2.05, 4.69) is 26.3 Å². The molecule has 1 amide bonds. The van der Waals surface area contributed by atoms with Gasteiger partial charge in [-0.3, -0.25) is 9.48 Å². The van der Waals surface area contributed by atoms with Crippen LogP contribution in [0.4, 0.5) is 5.82 Å². The lowest BCUT2D eigenvalue weighted by Gasteiger charge is -2.07. The summed E-state index contributed by atoms with van der Waals surface area (Å²) in [5, 5.41) is 7.09. The maximum Gasteiger partial charge on any atom is 0.263 e. The van der Waals surface area contributed by atoms with Crippen LogP contribution in [0.15, 0.2) is 34.9 Å². The van der Waals surface area contributed by atoms with Crippen molar-refractivity contribution in [3.63, 3.8) is 0 Å². The molecule has 0 aliphatic rings. The molecule has 0 saturated heterocycles. The van der Waals surface area contributed by atoms with Crippen LogP contribution in [0.1, 0.15) is 0 Å². The molecule has 7 heteroatoms. The van der Waals surface area contributed by atoms with Gasteiger partial charge in [-0.25, -0.2) is 0 Å². The Morgan fingerprint density at radius 2 is 2.32 bits per heavy atom. The zero-order chi connectivity index (χ0) is 13.8. The molecule has 2 aromatic rings. The molecule has 0 fully saturated rings. The van der Waals surface area contributed by atoms with Crippen LogP contribution < -0.4 is 10.1 Å². The minimum Gasteiger partial charge on any atom is -0.482 e. The molecule has 1 aromatic carbocycles. The Hall–Kier alpha value is -1.53. The van der Waals surface area contributed by atoms with Crippen molar-refractivity contribution < 1.29 is 9.53 Å². The van der Waals surface area contributed by atoms with Crippen LogP contribution in [0, 0.1) is 0 Å². The molecule has 100 valence electrons. The van der Waals surface area contributed by atoms with E-state index in [0.717, 1.165) is 4.47 Å². The van der Waals surface area contributed by atoms with Crippen molar-refractivity contribution in [1.82, 2.24) is 9.78 Å². The summed E-state index contributed by atoms with van der Waals surface area (Å²) in [6.07, 6.45) is 1.74. The molecule has 0 spiro atoms. The SMILES string of the molecule is Cn1ccc(NC(=O)COc2ccc(Br)cc2Cl)n1. The highest BCUT2D eigenvalue weighted by Crippen LogP contribution is 2.27. The standard InChI is InChI=1S/C12H11BrClN3O2/c1-17-5-4-11(16-17)15-12(18)7-19-10-3-2-8(13)6-9(10)14/h2-6H,7H2,1H3,(H,15,16,18). The molecule has 1 N–H and O–H groups in total. The number of anilines is 1. The molecule has 1 heterocycles. The molecule has 1 aromatic heterocycles. The molecule has 19 heavy (non-hydrogen) atoms. The fourth-order valence-electron chi connectivity index (χ4n) is 1.40. The van der Waals surface area contributed by atoms with Gasteiger partial charge in [-0.05, 0) is 18.2 Å². The van der Waals surface area contributed by atoms with Gasteiger partial charge in [0, 0.05) is 23.8 Å². The third-order valence-electron chi connectivity index (χ3n) is 2.23. The summed E-state index contributed by atoms with van der Waals surface area (Å²) in [5.74, 6) is 0.650. The lowest BCUT2D eigenvalue weighted by molar-refractivity contribution is -0.118. The quantitative estimate of drug-likeness (QED) is 0.928. The minimum atomic E-state index is -0.294. The van der Waals surface area contributed by atoms with Gasteiger partial charge in [0.1, 0.15) is 5.75 Å². The topological polar surface area (TPSA) is 56.2 Å². The van der Waals surface area contributed by atoms with Gasteiger partial charge in [-0.1, -0.05) is 27.5 Å². The first-order valence-electron chi connectivity index (χ1n) is 5.42. The van der Waals surface area contributed by atoms with Crippen LogP contribution in [0.5, 0.6) is 5.75 Å². The molecule has 0 aliphatic heterocycles. The number of carbonyl (C=O) groups is 1. The number of carbonyl (C=O) groups excluding carboxylic acids is 1. The number of nitrogens with zero attached hydrogens (tertiary/aromatic N) is 2. The highest BCUT2D eigenvalue weighted by molar-refractivity contribution is 9.10. The highest BCUT2D eigenvalue weighted by atomic mass is 79.9. The van der Waals surface area contributed by atoms with Crippen LogP contribution in [0.2, 0.25) is 5.02 Å². The maximum atomic E-state index is 11.6. The van der Waals surface area contributed by atoms with Gasteiger partial charge < -0.3 is 10.1 Å². The number of halogens is 2. The number of rotatable bonds is 4. The Labute approximate surface area is 123 Å². The van der Waals surface area contributed by atoms with E-state index < -0.39 is 0 Å². The van der Waals surface area contributed by atoms with E-state index in [1.54, 1.807) is 42.2 Å². The molecule has 0 aliphatic carbocycles. The maximum absolute atomic E-state index is 11.6. The van der Waals surface area contributed by atoms with Crippen molar-refractivity contribution in [2.45, 2.75) is 0 Å². The van der Waals surface area contributed by atoms with Gasteiger partial charge in [-0.2, -0.15) is 5.10 Å². The fourth-order valence-corrected chi connectivity index (χ4v) is 2.12. The molecular formula is C12H11BrClN3O2. The van der Waals surface area contributed by atoms with Gasteiger partial charge in [0.15, 0.2) is 12.4 Å². The molecule has 0 atom stereocenters. The largest absolute Gasteiger partial charge is 0.482 e. The average Bonchev–Trinajstić information content (AvgIpc) is 2.73. The molecular weight excluding hydrogens is 334 g/mol. The van der Waals surface area contributed by atoms with Gasteiger partial charge in [0.25, 0.3) is 5.91 Å². The Kier molecular flexibility index (Phi) is 4.44. The second-order valence-corrected chi connectivity index (χ2v) is 5.11. The van der Waals surface area contributed by atoms with E-state index in [0.29, 0.717) is 16.6 Å². The van der Waals surface area contributed by atoms with E-state index in [-0.39, 0.29) is 12.5 Å². The number of aryl methyl sites for hydroxylation is 1. The summed E-state index contributed by atoms with van der Waals surface area (Å²) in [6.45, 7) is -0.127. The van der Waals surface area contributed by atoms with Crippen molar-refractivity contribution in [3.05, 3.63) is 40.0 Å². The van der Waals surface area contributed by atoms with Gasteiger partial charge in [-0.15, -0.1) is 0 Å². The zero-order valence-corrected chi connectivity index (χ0v) is 12.4. The van der Waals surface area contributed by atoms with Crippen LogP contribution >= 0.6 is 27.5 Å². The first-order chi connectivity index (χ1) is 9.04. The van der Waals surface area contributed by atoms with Crippen molar-refractivity contribution >= 4 is 39.3 Å². The van der Waals surface area contributed by atoms with Gasteiger partial charge in [0.2, 0.25) is 0 Å². The second kappa shape index (κ2) is 6.08. The van der Waals surface area contributed by atoms with E-state index >= 15 is 0 Å². The molecule has 0 bridgehead atoms. The number of hydrogen-bond donors (Lipinski definition) is 1. The molecule has 0 radical (unpaired) electrons. The summed E-state index contributed by atoms with van der Waals surface area (Å²) in [4.78, 5) is 11.6. The zero-order valence-electron chi connectivity index (χ0n) is 10.1. The van der Waals surface area contributed by atoms with Crippen LogP contribution in [-0.4, -0.2) is 22.3 Å². The summed E-state index contributed by atoms with van der Waals surface area (Å²) < 4.78 is 7.78. The number of benzene rings is 1. The van der Waals surface area contributed by atoms with E-state index in [4.69, 9.17) is 16.3 Å². The smallest absolute Gasteiger partial charge is 0.263 e. The normalized spacial score (nSPS) is 10.3. The van der Waals surface area contributed by atoms with Crippen LogP contribution in [-0.2, 0) is 11.8 Å². The second-order valence-electron chi connectivity index (χ2n) is 3.79. The highest BCUT2D eigenvalue weighted by Gasteiger charge is 2.07. The minimum absolute atomic E-state index is 0.127. The van der Waals surface area contributed by atoms with E-state index in [1.807, 2.05) is 0 Å². The Balaban J connectivity index is 1.89. The number of hydrogen-bond acceptors (Lipinski definition) is 3. The van der Waals surface area contributed by atoms with Crippen molar-refractivity contribution in [2.24, 2.45) is 7.05 Å². The third kappa shape index (κ3) is 3.97. The Bertz CT molecular complexity index is 600. The monoisotopic (exact) mass is 343 g/mol. The Morgan fingerprint density at radius 3 is 2.95 bits per heavy atom. The van der Waals surface area contributed by atoms with Crippen molar-refractivity contribution in [1.29, 1.82) is 0 Å². The lowest BCUT2D eigenvalue weighted by atomic mass is 10.3. The molecule has 0 unspecified atom stereocenters. The molecule has 0 saturated carbocycles. The fraction of sp³-hybridized carbons (Fsp3) is 0.167. The first-order valence-corrected chi connectivity index (χ1v) is 6.59. The van der Waals surface area contributed by atoms with Crippen molar-refractivity contribution in [3.8, 4) is 5.75 Å². The summed E-state index contributed by atoms with van der Waals surface area (Å²) in [6, 6.07) is 6.89. The van der Waals surface area contributed by atoms with Crippen LogP contribution in [0.3, 0.4) is 0 Å². The first kappa shape index (κ1) is 13.9. The summed E-state index contributed by atoms with van der Waals surface area (Å²) in [5.41, 5.74) is 0. The Morgan fingerprint density at radius 1 is 1.53 bits per heavy atom. The molecule has 5 nitrogen and oxygen atoms in total. The molecule has 2 rings (SSSR count). The van der Waals surface area contributed by atoms with E-state index in [9.17, 15) is 4.79 Å². The predicted molar refractivity (Wildman–Crippen MR) is 76.5 cm³/mol. The number of ether oxygens (including phenoxy) is 1. The van der Waals surface area contributed by atoms with Gasteiger partial charge >= 0.3 is 0 Å². The number of aromatic nitrogens is 2. The number of amides is 1. The summed E-state index contributed by atoms with van der Waals surface area (Å²) >= 11 is 9.27. The van der Waals surface area contributed by atoms with Crippen molar-refractivity contribution in [2.75, 3.05) is 11.9 Å². The lowest BCUT2D eigenvalue weighted by Crippen LogP contribution is -2.20. The average molecular weight is 345 g/mol. The van der Waals surface area contributed by atoms with E-state index in [1.165, 1.54) is 0 Å². The number of nitrogens with one attached hydrogen (secondary N) is 1. The van der Waals surface area contributed by atoms with Gasteiger partial charge in [0.05, 0.1) is 5.02 Å². The summed E-state index contributed by atoms with van der Waals surface area (Å²) in [7, 11) is 1.77. The van der Waals surface area contributed by atoms with Crippen LogP contribution in [0.25, 0.3) is 0 Å². The third-order valence-corrected chi connectivity index (χ3v) is 3.02.